The van der Waals surface area contributed by atoms with Gasteiger partial charge in [0.25, 0.3) is 0 Å². The lowest BCUT2D eigenvalue weighted by molar-refractivity contribution is 0.858. The van der Waals surface area contributed by atoms with Crippen LogP contribution in [0.15, 0.2) is 24.3 Å². The number of aromatic nitrogens is 4. The topological polar surface area (TPSA) is 80.5 Å². The average Bonchev–Trinajstić information content (AvgIpc) is 2.77. The maximum absolute atomic E-state index is 5.58. The molecule has 0 saturated heterocycles. The molecule has 102 valence electrons. The molecule has 2 aromatic heterocycles. The van der Waals surface area contributed by atoms with E-state index in [1.807, 2.05) is 32.0 Å². The summed E-state index contributed by atoms with van der Waals surface area (Å²) in [6, 6.07) is 8.11. The van der Waals surface area contributed by atoms with Crippen LogP contribution < -0.4 is 5.73 Å². The molecular formula is C15H17N5. The van der Waals surface area contributed by atoms with Crippen molar-refractivity contribution in [2.45, 2.75) is 20.3 Å². The molecule has 0 saturated carbocycles. The van der Waals surface area contributed by atoms with Crippen LogP contribution >= 0.6 is 0 Å². The molecule has 0 spiro atoms. The Balaban J connectivity index is 2.09. The summed E-state index contributed by atoms with van der Waals surface area (Å²) in [5.41, 5.74) is 10.5. The monoisotopic (exact) mass is 267 g/mol. The van der Waals surface area contributed by atoms with Crippen molar-refractivity contribution in [1.82, 2.24) is 19.9 Å². The number of H-pyrrole nitrogens is 1. The number of fused-ring (bicyclic) bond motifs is 1. The Hall–Kier alpha value is -2.27. The number of imidazole rings is 1. The van der Waals surface area contributed by atoms with Gasteiger partial charge in [-0.15, -0.1) is 0 Å². The van der Waals surface area contributed by atoms with Gasteiger partial charge in [-0.05, 0) is 38.6 Å². The smallest absolute Gasteiger partial charge is 0.130 e. The fourth-order valence-corrected chi connectivity index (χ4v) is 2.32. The van der Waals surface area contributed by atoms with E-state index >= 15 is 0 Å². The number of nitrogens with zero attached hydrogens (tertiary/aromatic N) is 3. The number of aromatic amines is 1. The minimum Gasteiger partial charge on any atom is -0.342 e. The van der Waals surface area contributed by atoms with Crippen molar-refractivity contribution < 1.29 is 0 Å². The largest absolute Gasteiger partial charge is 0.342 e. The third kappa shape index (κ3) is 2.40. The van der Waals surface area contributed by atoms with Crippen molar-refractivity contribution in [3.8, 4) is 11.3 Å². The van der Waals surface area contributed by atoms with Gasteiger partial charge in [0.2, 0.25) is 0 Å². The summed E-state index contributed by atoms with van der Waals surface area (Å²) in [6.07, 6.45) is 0.695. The standard InChI is InChI=1S/C15H17N5/c1-9-7-13(20-15(17-9)5-6-16)11-3-4-12-14(8-11)19-10(2)18-12/h3-4,7-8H,5-6,16H2,1-2H3,(H,18,19). The van der Waals surface area contributed by atoms with Gasteiger partial charge in [0.05, 0.1) is 16.7 Å². The lowest BCUT2D eigenvalue weighted by Gasteiger charge is -2.05. The zero-order valence-electron chi connectivity index (χ0n) is 11.6. The summed E-state index contributed by atoms with van der Waals surface area (Å²) >= 11 is 0. The maximum Gasteiger partial charge on any atom is 0.130 e. The third-order valence-corrected chi connectivity index (χ3v) is 3.16. The van der Waals surface area contributed by atoms with E-state index in [0.29, 0.717) is 13.0 Å². The highest BCUT2D eigenvalue weighted by molar-refractivity contribution is 5.81. The number of hydrogen-bond acceptors (Lipinski definition) is 4. The molecule has 0 atom stereocenters. The van der Waals surface area contributed by atoms with E-state index in [1.165, 1.54) is 0 Å². The van der Waals surface area contributed by atoms with E-state index in [9.17, 15) is 0 Å². The number of hydrogen-bond donors (Lipinski definition) is 2. The van der Waals surface area contributed by atoms with E-state index in [4.69, 9.17) is 5.73 Å². The Morgan fingerprint density at radius 1 is 1.10 bits per heavy atom. The first-order valence-corrected chi connectivity index (χ1v) is 6.67. The van der Waals surface area contributed by atoms with Crippen LogP contribution in [0, 0.1) is 13.8 Å². The Bertz CT molecular complexity index is 760. The van der Waals surface area contributed by atoms with Gasteiger partial charge in [-0.3, -0.25) is 0 Å². The number of benzene rings is 1. The SMILES string of the molecule is Cc1cc(-c2ccc3nc(C)[nH]c3c2)nc(CCN)n1. The summed E-state index contributed by atoms with van der Waals surface area (Å²) in [6.45, 7) is 4.49. The van der Waals surface area contributed by atoms with Gasteiger partial charge < -0.3 is 10.7 Å². The van der Waals surface area contributed by atoms with E-state index in [0.717, 1.165) is 39.6 Å². The molecule has 1 aromatic carbocycles. The van der Waals surface area contributed by atoms with Gasteiger partial charge >= 0.3 is 0 Å². The summed E-state index contributed by atoms with van der Waals surface area (Å²) < 4.78 is 0. The lowest BCUT2D eigenvalue weighted by Crippen LogP contribution is -2.07. The average molecular weight is 267 g/mol. The van der Waals surface area contributed by atoms with Gasteiger partial charge in [0.15, 0.2) is 0 Å². The lowest BCUT2D eigenvalue weighted by atomic mass is 10.1. The number of nitrogens with two attached hydrogens (primary N) is 1. The van der Waals surface area contributed by atoms with Crippen LogP contribution in [0.25, 0.3) is 22.3 Å². The van der Waals surface area contributed by atoms with Crippen LogP contribution in [0.5, 0.6) is 0 Å². The molecule has 2 heterocycles. The second kappa shape index (κ2) is 5.02. The van der Waals surface area contributed by atoms with E-state index in [-0.39, 0.29) is 0 Å². The molecule has 3 aromatic rings. The fraction of sp³-hybridized carbons (Fsp3) is 0.267. The summed E-state index contributed by atoms with van der Waals surface area (Å²) in [7, 11) is 0. The molecule has 0 fully saturated rings. The fourth-order valence-electron chi connectivity index (χ4n) is 2.32. The molecule has 0 bridgehead atoms. The second-order valence-electron chi connectivity index (χ2n) is 4.90. The number of nitrogens with one attached hydrogen (secondary N) is 1. The Labute approximate surface area is 117 Å². The molecule has 3 N–H and O–H groups in total. The van der Waals surface area contributed by atoms with Gasteiger partial charge in [-0.2, -0.15) is 0 Å². The molecule has 5 nitrogen and oxygen atoms in total. The van der Waals surface area contributed by atoms with Crippen LogP contribution in [0.3, 0.4) is 0 Å². The highest BCUT2D eigenvalue weighted by atomic mass is 14.9. The molecule has 0 aliphatic heterocycles. The molecule has 0 amide bonds. The molecule has 0 radical (unpaired) electrons. The number of aryl methyl sites for hydroxylation is 2. The van der Waals surface area contributed by atoms with Gasteiger partial charge in [0.1, 0.15) is 11.6 Å². The highest BCUT2D eigenvalue weighted by Crippen LogP contribution is 2.22. The predicted octanol–water partition coefficient (Wildman–Crippen LogP) is 2.14. The Morgan fingerprint density at radius 2 is 1.95 bits per heavy atom. The minimum absolute atomic E-state index is 0.557. The molecule has 3 rings (SSSR count). The third-order valence-electron chi connectivity index (χ3n) is 3.16. The van der Waals surface area contributed by atoms with Crippen molar-refractivity contribution in [2.24, 2.45) is 5.73 Å². The van der Waals surface area contributed by atoms with Crippen molar-refractivity contribution in [1.29, 1.82) is 0 Å². The van der Waals surface area contributed by atoms with Gasteiger partial charge in [0, 0.05) is 17.7 Å². The molecule has 20 heavy (non-hydrogen) atoms. The second-order valence-corrected chi connectivity index (χ2v) is 4.90. The van der Waals surface area contributed by atoms with E-state index < -0.39 is 0 Å². The van der Waals surface area contributed by atoms with Gasteiger partial charge in [-0.25, -0.2) is 15.0 Å². The van der Waals surface area contributed by atoms with Crippen LogP contribution in [-0.2, 0) is 6.42 Å². The minimum atomic E-state index is 0.557. The van der Waals surface area contributed by atoms with Crippen LogP contribution in [0.2, 0.25) is 0 Å². The summed E-state index contributed by atoms with van der Waals surface area (Å²) in [5.74, 6) is 1.71. The van der Waals surface area contributed by atoms with E-state index in [2.05, 4.69) is 26.0 Å². The predicted molar refractivity (Wildman–Crippen MR) is 79.4 cm³/mol. The van der Waals surface area contributed by atoms with Crippen molar-refractivity contribution in [2.75, 3.05) is 6.54 Å². The molecule has 0 aliphatic rings. The molecule has 5 heteroatoms. The quantitative estimate of drug-likeness (QED) is 0.762. The maximum atomic E-state index is 5.58. The van der Waals surface area contributed by atoms with E-state index in [1.54, 1.807) is 0 Å². The first-order chi connectivity index (χ1) is 9.65. The summed E-state index contributed by atoms with van der Waals surface area (Å²) in [5, 5.41) is 0. The van der Waals surface area contributed by atoms with Gasteiger partial charge in [-0.1, -0.05) is 6.07 Å². The summed E-state index contributed by atoms with van der Waals surface area (Å²) in [4.78, 5) is 16.6. The zero-order chi connectivity index (χ0) is 14.1. The Morgan fingerprint density at radius 3 is 2.75 bits per heavy atom. The zero-order valence-corrected chi connectivity index (χ0v) is 11.6. The highest BCUT2D eigenvalue weighted by Gasteiger charge is 2.07. The van der Waals surface area contributed by atoms with Crippen molar-refractivity contribution >= 4 is 11.0 Å². The number of rotatable bonds is 3. The van der Waals surface area contributed by atoms with Crippen molar-refractivity contribution in [3.63, 3.8) is 0 Å². The first kappa shape index (κ1) is 12.7. The van der Waals surface area contributed by atoms with Crippen LogP contribution in [-0.4, -0.2) is 26.5 Å². The van der Waals surface area contributed by atoms with Crippen LogP contribution in [0.1, 0.15) is 17.3 Å². The van der Waals surface area contributed by atoms with Crippen molar-refractivity contribution in [3.05, 3.63) is 41.6 Å². The van der Waals surface area contributed by atoms with Crippen LogP contribution in [0.4, 0.5) is 0 Å². The molecule has 0 aliphatic carbocycles. The first-order valence-electron chi connectivity index (χ1n) is 6.67. The molecular weight excluding hydrogens is 250 g/mol. The normalized spacial score (nSPS) is 11.2. The molecule has 0 unspecified atom stereocenters. The Kier molecular flexibility index (Phi) is 3.20.